The molecule has 0 unspecified atom stereocenters. The Morgan fingerprint density at radius 2 is 2.17 bits per heavy atom. The van der Waals surface area contributed by atoms with E-state index in [1.807, 2.05) is 36.7 Å². The fourth-order valence-corrected chi connectivity index (χ4v) is 2.61. The number of aromatic nitrogens is 2. The molecule has 3 rings (SSSR count). The fraction of sp³-hybridized carbons (Fsp3) is 0.154. The van der Waals surface area contributed by atoms with Crippen molar-refractivity contribution in [3.05, 3.63) is 35.0 Å². The Morgan fingerprint density at radius 1 is 1.39 bits per heavy atom. The average molecular weight is 262 g/mol. The van der Waals surface area contributed by atoms with E-state index < -0.39 is 0 Å². The van der Waals surface area contributed by atoms with Gasteiger partial charge in [0.1, 0.15) is 0 Å². The Bertz CT molecular complexity index is 742. The normalized spacial score (nSPS) is 11.3. The van der Waals surface area contributed by atoms with Crippen LogP contribution in [0.25, 0.3) is 22.2 Å². The third kappa shape index (κ3) is 1.42. The SMILES string of the molecule is Cc1c(-c2cc(N)no2)c2cccc(Cl)c2n1C. The lowest BCUT2D eigenvalue weighted by molar-refractivity contribution is 0.436. The molecule has 2 heterocycles. The van der Waals surface area contributed by atoms with E-state index in [1.165, 1.54) is 0 Å². The van der Waals surface area contributed by atoms with Gasteiger partial charge in [0.05, 0.1) is 10.5 Å². The van der Waals surface area contributed by atoms with E-state index in [4.69, 9.17) is 21.9 Å². The molecule has 5 heteroatoms. The van der Waals surface area contributed by atoms with Gasteiger partial charge in [-0.1, -0.05) is 28.9 Å². The van der Waals surface area contributed by atoms with Crippen molar-refractivity contribution in [3.63, 3.8) is 0 Å². The van der Waals surface area contributed by atoms with Gasteiger partial charge in [-0.2, -0.15) is 0 Å². The maximum absolute atomic E-state index is 6.25. The zero-order chi connectivity index (χ0) is 12.9. The minimum atomic E-state index is 0.378. The topological polar surface area (TPSA) is 57.0 Å². The number of nitrogens with zero attached hydrogens (tertiary/aromatic N) is 2. The molecular formula is C13H12ClN3O. The van der Waals surface area contributed by atoms with Crippen LogP contribution in [0.1, 0.15) is 5.69 Å². The monoisotopic (exact) mass is 261 g/mol. The van der Waals surface area contributed by atoms with Crippen molar-refractivity contribution in [3.8, 4) is 11.3 Å². The summed E-state index contributed by atoms with van der Waals surface area (Å²) in [6.45, 7) is 2.02. The Kier molecular flexibility index (Phi) is 2.35. The van der Waals surface area contributed by atoms with Crippen LogP contribution in [0.15, 0.2) is 28.8 Å². The molecule has 0 spiro atoms. The van der Waals surface area contributed by atoms with Crippen molar-refractivity contribution in [1.82, 2.24) is 9.72 Å². The van der Waals surface area contributed by atoms with Crippen LogP contribution in [-0.4, -0.2) is 9.72 Å². The fourth-order valence-electron chi connectivity index (χ4n) is 2.31. The molecule has 18 heavy (non-hydrogen) atoms. The molecule has 0 aliphatic rings. The van der Waals surface area contributed by atoms with E-state index in [1.54, 1.807) is 6.07 Å². The zero-order valence-corrected chi connectivity index (χ0v) is 10.8. The Morgan fingerprint density at radius 3 is 2.83 bits per heavy atom. The van der Waals surface area contributed by atoms with E-state index >= 15 is 0 Å². The number of rotatable bonds is 1. The number of hydrogen-bond acceptors (Lipinski definition) is 3. The quantitative estimate of drug-likeness (QED) is 0.731. The molecule has 0 radical (unpaired) electrons. The summed E-state index contributed by atoms with van der Waals surface area (Å²) in [5.74, 6) is 1.04. The summed E-state index contributed by atoms with van der Waals surface area (Å²) in [6, 6.07) is 7.54. The van der Waals surface area contributed by atoms with Crippen LogP contribution in [-0.2, 0) is 7.05 Å². The minimum Gasteiger partial charge on any atom is -0.381 e. The summed E-state index contributed by atoms with van der Waals surface area (Å²) < 4.78 is 7.31. The maximum atomic E-state index is 6.25. The molecule has 0 bridgehead atoms. The molecule has 0 saturated heterocycles. The van der Waals surface area contributed by atoms with Crippen molar-refractivity contribution < 1.29 is 4.52 Å². The molecule has 3 aromatic rings. The number of halogens is 1. The lowest BCUT2D eigenvalue weighted by Gasteiger charge is -1.99. The van der Waals surface area contributed by atoms with Gasteiger partial charge < -0.3 is 14.8 Å². The molecule has 0 atom stereocenters. The molecule has 0 saturated carbocycles. The number of anilines is 1. The standard InChI is InChI=1S/C13H12ClN3O/c1-7-12(10-6-11(15)16-18-10)8-4-3-5-9(14)13(8)17(7)2/h3-6H,1-2H3,(H2,15,16). The van der Waals surface area contributed by atoms with Crippen LogP contribution in [0.2, 0.25) is 5.02 Å². The lowest BCUT2D eigenvalue weighted by Crippen LogP contribution is -1.90. The van der Waals surface area contributed by atoms with Gasteiger partial charge in [-0.3, -0.25) is 0 Å². The first-order valence-corrected chi connectivity index (χ1v) is 5.93. The third-order valence-corrected chi connectivity index (χ3v) is 3.54. The summed E-state index contributed by atoms with van der Waals surface area (Å²) in [6.07, 6.45) is 0. The van der Waals surface area contributed by atoms with Gasteiger partial charge in [0.25, 0.3) is 0 Å². The van der Waals surface area contributed by atoms with E-state index in [-0.39, 0.29) is 0 Å². The van der Waals surface area contributed by atoms with Crippen LogP contribution in [0, 0.1) is 6.92 Å². The summed E-state index contributed by atoms with van der Waals surface area (Å²) in [5, 5.41) is 5.49. The molecule has 92 valence electrons. The lowest BCUT2D eigenvalue weighted by atomic mass is 10.1. The van der Waals surface area contributed by atoms with Crippen molar-refractivity contribution in [2.24, 2.45) is 7.05 Å². The predicted molar refractivity (Wildman–Crippen MR) is 72.6 cm³/mol. The van der Waals surface area contributed by atoms with Gasteiger partial charge in [-0.05, 0) is 13.0 Å². The van der Waals surface area contributed by atoms with Crippen LogP contribution in [0.5, 0.6) is 0 Å². The van der Waals surface area contributed by atoms with Crippen molar-refractivity contribution in [2.75, 3.05) is 5.73 Å². The van der Waals surface area contributed by atoms with E-state index in [9.17, 15) is 0 Å². The Balaban J connectivity index is 2.43. The van der Waals surface area contributed by atoms with Crippen molar-refractivity contribution in [2.45, 2.75) is 6.92 Å². The number of nitrogen functional groups attached to an aromatic ring is 1. The zero-order valence-electron chi connectivity index (χ0n) is 10.1. The van der Waals surface area contributed by atoms with Gasteiger partial charge in [-0.15, -0.1) is 0 Å². The van der Waals surface area contributed by atoms with Gasteiger partial charge in [0, 0.05) is 29.8 Å². The van der Waals surface area contributed by atoms with Gasteiger partial charge >= 0.3 is 0 Å². The van der Waals surface area contributed by atoms with Crippen molar-refractivity contribution >= 4 is 28.3 Å². The molecule has 4 nitrogen and oxygen atoms in total. The summed E-state index contributed by atoms with van der Waals surface area (Å²) in [7, 11) is 1.98. The second-order valence-electron chi connectivity index (χ2n) is 4.27. The predicted octanol–water partition coefficient (Wildman–Crippen LogP) is 3.38. The first kappa shape index (κ1) is 11.2. The number of aryl methyl sites for hydroxylation is 1. The first-order valence-electron chi connectivity index (χ1n) is 5.55. The van der Waals surface area contributed by atoms with Crippen molar-refractivity contribution in [1.29, 1.82) is 0 Å². The molecule has 1 aromatic carbocycles. The second kappa shape index (κ2) is 3.78. The largest absolute Gasteiger partial charge is 0.381 e. The second-order valence-corrected chi connectivity index (χ2v) is 4.68. The van der Waals surface area contributed by atoms with Crippen LogP contribution >= 0.6 is 11.6 Å². The molecule has 0 aliphatic heterocycles. The number of para-hydroxylation sites is 1. The van der Waals surface area contributed by atoms with E-state index in [0.717, 1.165) is 27.2 Å². The smallest absolute Gasteiger partial charge is 0.171 e. The van der Waals surface area contributed by atoms with Crippen LogP contribution < -0.4 is 5.73 Å². The van der Waals surface area contributed by atoms with E-state index in [0.29, 0.717) is 11.6 Å². The van der Waals surface area contributed by atoms with Crippen LogP contribution in [0.4, 0.5) is 5.82 Å². The Labute approximate surface area is 109 Å². The number of hydrogen-bond donors (Lipinski definition) is 1. The molecular weight excluding hydrogens is 250 g/mol. The molecule has 0 fully saturated rings. The maximum Gasteiger partial charge on any atom is 0.171 e. The highest BCUT2D eigenvalue weighted by Gasteiger charge is 2.18. The summed E-state index contributed by atoms with van der Waals surface area (Å²) in [4.78, 5) is 0. The summed E-state index contributed by atoms with van der Waals surface area (Å²) >= 11 is 6.25. The third-order valence-electron chi connectivity index (χ3n) is 3.23. The molecule has 0 amide bonds. The highest BCUT2D eigenvalue weighted by Crippen LogP contribution is 2.37. The van der Waals surface area contributed by atoms with Crippen LogP contribution in [0.3, 0.4) is 0 Å². The Hall–Kier alpha value is -1.94. The highest BCUT2D eigenvalue weighted by atomic mass is 35.5. The molecule has 0 aliphatic carbocycles. The first-order chi connectivity index (χ1) is 8.59. The molecule has 2 aromatic heterocycles. The minimum absolute atomic E-state index is 0.378. The van der Waals surface area contributed by atoms with Gasteiger partial charge in [0.2, 0.25) is 0 Å². The average Bonchev–Trinajstić information content (AvgIpc) is 2.84. The van der Waals surface area contributed by atoms with Gasteiger partial charge in [0.15, 0.2) is 11.6 Å². The number of fused-ring (bicyclic) bond motifs is 1. The highest BCUT2D eigenvalue weighted by molar-refractivity contribution is 6.35. The summed E-state index contributed by atoms with van der Waals surface area (Å²) in [5.41, 5.74) is 8.65. The van der Waals surface area contributed by atoms with E-state index in [2.05, 4.69) is 5.16 Å². The molecule has 2 N–H and O–H groups in total. The number of benzene rings is 1. The number of nitrogens with two attached hydrogens (primary N) is 1. The van der Waals surface area contributed by atoms with Gasteiger partial charge in [-0.25, -0.2) is 0 Å².